The van der Waals surface area contributed by atoms with Crippen LogP contribution in [0.1, 0.15) is 6.92 Å². The van der Waals surface area contributed by atoms with E-state index in [1.807, 2.05) is 31.2 Å². The van der Waals surface area contributed by atoms with Gasteiger partial charge in [0.25, 0.3) is 0 Å². The Balaban J connectivity index is 2.26. The van der Waals surface area contributed by atoms with Crippen molar-refractivity contribution >= 4 is 44.3 Å². The molecule has 1 heterocycles. The van der Waals surface area contributed by atoms with Crippen LogP contribution in [0, 0.1) is 3.57 Å². The fourth-order valence-electron chi connectivity index (χ4n) is 1.36. The van der Waals surface area contributed by atoms with Crippen molar-refractivity contribution in [3.05, 3.63) is 38.6 Å². The molecule has 18 heavy (non-hydrogen) atoms. The van der Waals surface area contributed by atoms with Crippen molar-refractivity contribution in [1.29, 1.82) is 0 Å². The molecule has 0 saturated heterocycles. The van der Waals surface area contributed by atoms with E-state index in [2.05, 4.69) is 53.8 Å². The molecule has 0 bridgehead atoms. The van der Waals surface area contributed by atoms with E-state index in [9.17, 15) is 0 Å². The predicted octanol–water partition coefficient (Wildman–Crippen LogP) is 4.07. The average Bonchev–Trinajstić information content (AvgIpc) is 2.35. The number of hydrogen-bond acceptors (Lipinski definition) is 4. The van der Waals surface area contributed by atoms with Crippen LogP contribution in [0.2, 0.25) is 0 Å². The van der Waals surface area contributed by atoms with Gasteiger partial charge in [-0.2, -0.15) is 0 Å². The molecule has 94 valence electrons. The van der Waals surface area contributed by atoms with Crippen molar-refractivity contribution in [3.8, 4) is 11.6 Å². The highest BCUT2D eigenvalue weighted by Gasteiger charge is 2.10. The zero-order valence-electron chi connectivity index (χ0n) is 9.65. The Morgan fingerprint density at radius 1 is 1.39 bits per heavy atom. The Morgan fingerprint density at radius 2 is 2.22 bits per heavy atom. The van der Waals surface area contributed by atoms with Gasteiger partial charge in [0.15, 0.2) is 0 Å². The molecule has 0 radical (unpaired) electrons. The maximum Gasteiger partial charge on any atom is 0.238 e. The first-order chi connectivity index (χ1) is 8.70. The molecule has 0 spiro atoms. The summed E-state index contributed by atoms with van der Waals surface area (Å²) in [6.07, 6.45) is 1.48. The van der Waals surface area contributed by atoms with Gasteiger partial charge in [0.1, 0.15) is 22.4 Å². The van der Waals surface area contributed by atoms with Crippen molar-refractivity contribution in [3.63, 3.8) is 0 Å². The van der Waals surface area contributed by atoms with Gasteiger partial charge in [-0.1, -0.05) is 6.07 Å². The average molecular weight is 420 g/mol. The Bertz CT molecular complexity index is 551. The number of hydrogen-bond donors (Lipinski definition) is 1. The highest BCUT2D eigenvalue weighted by molar-refractivity contribution is 14.1. The summed E-state index contributed by atoms with van der Waals surface area (Å²) in [5.74, 6) is 1.99. The molecular formula is C12H11BrIN3O. The predicted molar refractivity (Wildman–Crippen MR) is 83.1 cm³/mol. The second-order valence-electron chi connectivity index (χ2n) is 3.43. The smallest absolute Gasteiger partial charge is 0.238 e. The Morgan fingerprint density at radius 3 is 2.94 bits per heavy atom. The molecule has 0 saturated carbocycles. The molecule has 0 amide bonds. The summed E-state index contributed by atoms with van der Waals surface area (Å²) in [7, 11) is 0. The number of halogens is 2. The van der Waals surface area contributed by atoms with Gasteiger partial charge in [0.2, 0.25) is 5.88 Å². The molecule has 6 heteroatoms. The fraction of sp³-hybridized carbons (Fsp3) is 0.167. The van der Waals surface area contributed by atoms with Gasteiger partial charge in [0, 0.05) is 10.1 Å². The summed E-state index contributed by atoms with van der Waals surface area (Å²) < 4.78 is 7.57. The number of nitrogens with zero attached hydrogens (tertiary/aromatic N) is 2. The Hall–Kier alpha value is -0.890. The molecule has 0 atom stereocenters. The van der Waals surface area contributed by atoms with Crippen LogP contribution < -0.4 is 10.1 Å². The third kappa shape index (κ3) is 3.32. The summed E-state index contributed by atoms with van der Waals surface area (Å²) >= 11 is 5.68. The van der Waals surface area contributed by atoms with Crippen molar-refractivity contribution in [2.24, 2.45) is 0 Å². The molecule has 0 aliphatic carbocycles. The Labute approximate surface area is 127 Å². The third-order valence-corrected chi connectivity index (χ3v) is 3.50. The molecule has 0 aliphatic rings. The monoisotopic (exact) mass is 419 g/mol. The minimum atomic E-state index is 0.503. The maximum atomic E-state index is 5.73. The van der Waals surface area contributed by atoms with Crippen LogP contribution in [0.15, 0.2) is 35.1 Å². The number of benzene rings is 1. The molecule has 4 nitrogen and oxygen atoms in total. The summed E-state index contributed by atoms with van der Waals surface area (Å²) in [4.78, 5) is 8.26. The third-order valence-electron chi connectivity index (χ3n) is 2.11. The summed E-state index contributed by atoms with van der Waals surface area (Å²) in [6.45, 7) is 2.80. The van der Waals surface area contributed by atoms with E-state index in [4.69, 9.17) is 4.74 Å². The molecule has 0 aliphatic heterocycles. The minimum Gasteiger partial charge on any atom is -0.438 e. The van der Waals surface area contributed by atoms with E-state index in [0.717, 1.165) is 26.2 Å². The first-order valence-electron chi connectivity index (χ1n) is 5.38. The number of nitrogens with one attached hydrogen (secondary N) is 1. The first kappa shape index (κ1) is 13.5. The number of aromatic nitrogens is 2. The van der Waals surface area contributed by atoms with Crippen LogP contribution in [-0.2, 0) is 0 Å². The zero-order valence-corrected chi connectivity index (χ0v) is 13.4. The van der Waals surface area contributed by atoms with Crippen LogP contribution in [0.5, 0.6) is 11.6 Å². The van der Waals surface area contributed by atoms with Gasteiger partial charge < -0.3 is 10.1 Å². The number of rotatable bonds is 4. The lowest BCUT2D eigenvalue weighted by Gasteiger charge is -2.09. The summed E-state index contributed by atoms with van der Waals surface area (Å²) in [6, 6.07) is 7.79. The quantitative estimate of drug-likeness (QED) is 0.759. The minimum absolute atomic E-state index is 0.503. The number of ether oxygens (including phenoxy) is 1. The van der Waals surface area contributed by atoms with Gasteiger partial charge in [-0.15, -0.1) is 0 Å². The molecule has 2 aromatic rings. The second kappa shape index (κ2) is 6.33. The van der Waals surface area contributed by atoms with Crippen LogP contribution in [-0.4, -0.2) is 16.5 Å². The molecule has 0 fully saturated rings. The highest BCUT2D eigenvalue weighted by Crippen LogP contribution is 2.32. The van der Waals surface area contributed by atoms with E-state index >= 15 is 0 Å². The molecule has 0 unspecified atom stereocenters. The van der Waals surface area contributed by atoms with Crippen LogP contribution in [0.4, 0.5) is 5.82 Å². The zero-order chi connectivity index (χ0) is 13.0. The molecule has 2 rings (SSSR count). The van der Waals surface area contributed by atoms with E-state index in [0.29, 0.717) is 5.88 Å². The molecule has 1 N–H and O–H groups in total. The summed E-state index contributed by atoms with van der Waals surface area (Å²) in [5, 5.41) is 3.13. The van der Waals surface area contributed by atoms with Gasteiger partial charge in [-0.3, -0.25) is 0 Å². The first-order valence-corrected chi connectivity index (χ1v) is 7.25. The SMILES string of the molecule is CCNc1ncnc(Oc2cccc(I)c2)c1Br. The van der Waals surface area contributed by atoms with Crippen molar-refractivity contribution < 1.29 is 4.74 Å². The molecule has 1 aromatic carbocycles. The second-order valence-corrected chi connectivity index (χ2v) is 5.47. The van der Waals surface area contributed by atoms with Crippen LogP contribution >= 0.6 is 38.5 Å². The van der Waals surface area contributed by atoms with Gasteiger partial charge >= 0.3 is 0 Å². The topological polar surface area (TPSA) is 47.0 Å². The highest BCUT2D eigenvalue weighted by atomic mass is 127. The Kier molecular flexibility index (Phi) is 4.76. The largest absolute Gasteiger partial charge is 0.438 e. The normalized spacial score (nSPS) is 10.2. The summed E-state index contributed by atoms with van der Waals surface area (Å²) in [5.41, 5.74) is 0. The van der Waals surface area contributed by atoms with E-state index in [1.165, 1.54) is 6.33 Å². The van der Waals surface area contributed by atoms with Gasteiger partial charge in [-0.05, 0) is 63.6 Å². The van der Waals surface area contributed by atoms with Crippen molar-refractivity contribution in [2.75, 3.05) is 11.9 Å². The molecule has 1 aromatic heterocycles. The van der Waals surface area contributed by atoms with E-state index in [1.54, 1.807) is 0 Å². The van der Waals surface area contributed by atoms with Crippen molar-refractivity contribution in [2.45, 2.75) is 6.92 Å². The van der Waals surface area contributed by atoms with Crippen molar-refractivity contribution in [1.82, 2.24) is 9.97 Å². The lowest BCUT2D eigenvalue weighted by Crippen LogP contribution is -2.02. The maximum absolute atomic E-state index is 5.73. The lowest BCUT2D eigenvalue weighted by atomic mass is 10.3. The molecular weight excluding hydrogens is 409 g/mol. The standard InChI is InChI=1S/C12H11BrIN3O/c1-2-15-11-10(13)12(17-7-16-11)18-9-5-3-4-8(14)6-9/h3-7H,2H2,1H3,(H,15,16,17). The van der Waals surface area contributed by atoms with Crippen LogP contribution in [0.3, 0.4) is 0 Å². The van der Waals surface area contributed by atoms with Gasteiger partial charge in [-0.25, -0.2) is 9.97 Å². The van der Waals surface area contributed by atoms with E-state index in [-0.39, 0.29) is 0 Å². The van der Waals surface area contributed by atoms with E-state index < -0.39 is 0 Å². The number of anilines is 1. The van der Waals surface area contributed by atoms with Gasteiger partial charge in [0.05, 0.1) is 0 Å². The lowest BCUT2D eigenvalue weighted by molar-refractivity contribution is 0.458. The van der Waals surface area contributed by atoms with Crippen LogP contribution in [0.25, 0.3) is 0 Å². The fourth-order valence-corrected chi connectivity index (χ4v) is 2.30.